The summed E-state index contributed by atoms with van der Waals surface area (Å²) in [5, 5.41) is 1.16. The van der Waals surface area contributed by atoms with E-state index in [0.717, 1.165) is 35.7 Å². The third-order valence-corrected chi connectivity index (χ3v) is 6.64. The fourth-order valence-corrected chi connectivity index (χ4v) is 4.31. The molecule has 5 nitrogen and oxygen atoms in total. The molecule has 1 fully saturated rings. The van der Waals surface area contributed by atoms with Gasteiger partial charge >= 0.3 is 0 Å². The number of benzene rings is 3. The number of carbonyl (C=O) groups is 1. The second-order valence-corrected chi connectivity index (χ2v) is 8.97. The Hall–Kier alpha value is -2.57. The highest BCUT2D eigenvalue weighted by Crippen LogP contribution is 2.27. The molecule has 1 aliphatic heterocycles. The molecule has 3 aromatic carbocycles. The first-order valence-electron chi connectivity index (χ1n) is 11.0. The SMILES string of the molecule is N[C@@H](Cc1ccc(Oc2ccccc2)cc1)C(=O)N1CCN(Cc2cccc(Cl)c2Cl)CC1. The van der Waals surface area contributed by atoms with Gasteiger partial charge in [-0.3, -0.25) is 9.69 Å². The van der Waals surface area contributed by atoms with Gasteiger partial charge in [0.25, 0.3) is 0 Å². The molecule has 0 unspecified atom stereocenters. The average Bonchev–Trinajstić information content (AvgIpc) is 2.84. The number of amides is 1. The Morgan fingerprint density at radius 3 is 2.24 bits per heavy atom. The van der Waals surface area contributed by atoms with E-state index >= 15 is 0 Å². The number of carbonyl (C=O) groups excluding carboxylic acids is 1. The Bertz CT molecular complexity index is 1070. The van der Waals surface area contributed by atoms with Gasteiger partial charge in [0.15, 0.2) is 0 Å². The van der Waals surface area contributed by atoms with E-state index in [4.69, 9.17) is 33.7 Å². The van der Waals surface area contributed by atoms with Gasteiger partial charge in [0.05, 0.1) is 16.1 Å². The first kappa shape index (κ1) is 23.6. The standard InChI is InChI=1S/C26H27Cl2N3O2/c27-23-8-4-5-20(25(23)28)18-30-13-15-31(16-14-30)26(32)24(29)17-19-9-11-22(12-10-19)33-21-6-2-1-3-7-21/h1-12,24H,13-18,29H2/t24-/m0/s1. The van der Waals surface area contributed by atoms with Crippen molar-refractivity contribution in [3.8, 4) is 11.5 Å². The smallest absolute Gasteiger partial charge is 0.239 e. The van der Waals surface area contributed by atoms with Crippen molar-refractivity contribution in [3.05, 3.63) is 94.0 Å². The van der Waals surface area contributed by atoms with E-state index in [-0.39, 0.29) is 5.91 Å². The van der Waals surface area contributed by atoms with Crippen LogP contribution < -0.4 is 10.5 Å². The van der Waals surface area contributed by atoms with Crippen LogP contribution >= 0.6 is 23.2 Å². The monoisotopic (exact) mass is 483 g/mol. The molecule has 2 N–H and O–H groups in total. The fourth-order valence-electron chi connectivity index (χ4n) is 3.93. The predicted molar refractivity (Wildman–Crippen MR) is 133 cm³/mol. The predicted octanol–water partition coefficient (Wildman–Crippen LogP) is 5.00. The van der Waals surface area contributed by atoms with Crippen molar-refractivity contribution in [2.75, 3.05) is 26.2 Å². The first-order valence-corrected chi connectivity index (χ1v) is 11.8. The van der Waals surface area contributed by atoms with E-state index in [1.165, 1.54) is 0 Å². The van der Waals surface area contributed by atoms with E-state index in [2.05, 4.69) is 4.90 Å². The summed E-state index contributed by atoms with van der Waals surface area (Å²) in [4.78, 5) is 17.0. The minimum Gasteiger partial charge on any atom is -0.457 e. The highest BCUT2D eigenvalue weighted by Gasteiger charge is 2.25. The third-order valence-electron chi connectivity index (χ3n) is 5.78. The zero-order chi connectivity index (χ0) is 23.2. The maximum absolute atomic E-state index is 12.9. The van der Waals surface area contributed by atoms with Crippen molar-refractivity contribution in [1.82, 2.24) is 9.80 Å². The molecular weight excluding hydrogens is 457 g/mol. The minimum absolute atomic E-state index is 0.0138. The van der Waals surface area contributed by atoms with Crippen molar-refractivity contribution in [3.63, 3.8) is 0 Å². The Morgan fingerprint density at radius 2 is 1.55 bits per heavy atom. The number of para-hydroxylation sites is 1. The van der Waals surface area contributed by atoms with Crippen LogP contribution in [0.4, 0.5) is 0 Å². The van der Waals surface area contributed by atoms with Gasteiger partial charge in [0.2, 0.25) is 5.91 Å². The summed E-state index contributed by atoms with van der Waals surface area (Å²) in [6, 6.07) is 22.5. The van der Waals surface area contributed by atoms with Gasteiger partial charge in [-0.2, -0.15) is 0 Å². The van der Waals surface area contributed by atoms with Crippen LogP contribution in [0.5, 0.6) is 11.5 Å². The summed E-state index contributed by atoms with van der Waals surface area (Å²) >= 11 is 12.4. The topological polar surface area (TPSA) is 58.8 Å². The van der Waals surface area contributed by atoms with Crippen LogP contribution in [0, 0.1) is 0 Å². The van der Waals surface area contributed by atoms with Crippen LogP contribution in [0.3, 0.4) is 0 Å². The molecule has 0 bridgehead atoms. The lowest BCUT2D eigenvalue weighted by atomic mass is 10.0. The number of rotatable bonds is 7. The Balaban J connectivity index is 1.26. The number of hydrogen-bond acceptors (Lipinski definition) is 4. The molecule has 0 saturated carbocycles. The van der Waals surface area contributed by atoms with Crippen LogP contribution in [-0.2, 0) is 17.8 Å². The molecule has 1 amide bonds. The maximum Gasteiger partial charge on any atom is 0.239 e. The summed E-state index contributed by atoms with van der Waals surface area (Å²) in [6.07, 6.45) is 0.489. The second kappa shape index (κ2) is 11.0. The first-order chi connectivity index (χ1) is 16.0. The highest BCUT2D eigenvalue weighted by molar-refractivity contribution is 6.42. The summed E-state index contributed by atoms with van der Waals surface area (Å²) in [5.41, 5.74) is 8.27. The highest BCUT2D eigenvalue weighted by atomic mass is 35.5. The van der Waals surface area contributed by atoms with Gasteiger partial charge in [-0.05, 0) is 47.9 Å². The molecule has 1 saturated heterocycles. The number of piperazine rings is 1. The van der Waals surface area contributed by atoms with Crippen LogP contribution in [0.15, 0.2) is 72.8 Å². The van der Waals surface area contributed by atoms with Gasteiger partial charge in [-0.15, -0.1) is 0 Å². The second-order valence-electron chi connectivity index (χ2n) is 8.18. The van der Waals surface area contributed by atoms with Crippen LogP contribution in [0.2, 0.25) is 10.0 Å². The lowest BCUT2D eigenvalue weighted by molar-refractivity contribution is -0.134. The number of nitrogens with two attached hydrogens (primary N) is 1. The van der Waals surface area contributed by atoms with E-state index in [1.54, 1.807) is 6.07 Å². The molecule has 0 aliphatic carbocycles. The average molecular weight is 484 g/mol. The quantitative estimate of drug-likeness (QED) is 0.513. The van der Waals surface area contributed by atoms with Crippen molar-refractivity contribution >= 4 is 29.1 Å². The van der Waals surface area contributed by atoms with Crippen LogP contribution in [0.1, 0.15) is 11.1 Å². The summed E-state index contributed by atoms with van der Waals surface area (Å²) in [6.45, 7) is 3.55. The summed E-state index contributed by atoms with van der Waals surface area (Å²) < 4.78 is 5.82. The normalized spacial score (nSPS) is 15.3. The Morgan fingerprint density at radius 1 is 0.879 bits per heavy atom. The Labute approximate surface area is 204 Å². The van der Waals surface area contributed by atoms with Crippen LogP contribution in [0.25, 0.3) is 0 Å². The van der Waals surface area contributed by atoms with E-state index in [0.29, 0.717) is 36.1 Å². The minimum atomic E-state index is -0.570. The summed E-state index contributed by atoms with van der Waals surface area (Å²) in [5.74, 6) is 1.52. The van der Waals surface area contributed by atoms with Gasteiger partial charge in [0.1, 0.15) is 11.5 Å². The van der Waals surface area contributed by atoms with Crippen molar-refractivity contribution in [2.24, 2.45) is 5.73 Å². The number of halogens is 2. The van der Waals surface area contributed by atoms with E-state index < -0.39 is 6.04 Å². The molecule has 33 heavy (non-hydrogen) atoms. The van der Waals surface area contributed by atoms with Crippen molar-refractivity contribution in [2.45, 2.75) is 19.0 Å². The molecule has 3 aromatic rings. The lowest BCUT2D eigenvalue weighted by Gasteiger charge is -2.36. The lowest BCUT2D eigenvalue weighted by Crippen LogP contribution is -2.53. The molecule has 1 atom stereocenters. The van der Waals surface area contributed by atoms with E-state index in [1.807, 2.05) is 71.6 Å². The molecule has 4 rings (SSSR count). The molecule has 1 aliphatic rings. The van der Waals surface area contributed by atoms with Crippen LogP contribution in [-0.4, -0.2) is 47.9 Å². The summed E-state index contributed by atoms with van der Waals surface area (Å²) in [7, 11) is 0. The fraction of sp³-hybridized carbons (Fsp3) is 0.269. The molecule has 0 spiro atoms. The molecule has 0 aromatic heterocycles. The molecule has 1 heterocycles. The largest absolute Gasteiger partial charge is 0.457 e. The maximum atomic E-state index is 12.9. The van der Waals surface area contributed by atoms with Gasteiger partial charge < -0.3 is 15.4 Å². The molecule has 0 radical (unpaired) electrons. The van der Waals surface area contributed by atoms with Crippen molar-refractivity contribution < 1.29 is 9.53 Å². The Kier molecular flexibility index (Phi) is 7.89. The van der Waals surface area contributed by atoms with Gasteiger partial charge in [0, 0.05) is 32.7 Å². The molecule has 7 heteroatoms. The number of nitrogens with zero attached hydrogens (tertiary/aromatic N) is 2. The van der Waals surface area contributed by atoms with E-state index in [9.17, 15) is 4.79 Å². The molecule has 172 valence electrons. The zero-order valence-electron chi connectivity index (χ0n) is 18.3. The van der Waals surface area contributed by atoms with Gasteiger partial charge in [-0.25, -0.2) is 0 Å². The third kappa shape index (κ3) is 6.27. The molecular formula is C26H27Cl2N3O2. The zero-order valence-corrected chi connectivity index (χ0v) is 19.8. The number of hydrogen-bond donors (Lipinski definition) is 1. The van der Waals surface area contributed by atoms with Crippen molar-refractivity contribution in [1.29, 1.82) is 0 Å². The van der Waals surface area contributed by atoms with Gasteiger partial charge in [-0.1, -0.05) is 65.7 Å². The number of ether oxygens (including phenoxy) is 1.